The van der Waals surface area contributed by atoms with Crippen LogP contribution < -0.4 is 4.74 Å². The van der Waals surface area contributed by atoms with Crippen LogP contribution in [0.2, 0.25) is 5.02 Å². The maximum Gasteiger partial charge on any atom is 0.341 e. The lowest BCUT2D eigenvalue weighted by Gasteiger charge is -2.07. The summed E-state index contributed by atoms with van der Waals surface area (Å²) in [6.45, 7) is 0.0326. The fraction of sp³-hybridized carbons (Fsp3) is 0.133. The highest BCUT2D eigenvalue weighted by molar-refractivity contribution is 6.30. The fourth-order valence-electron chi connectivity index (χ4n) is 1.64. The lowest BCUT2D eigenvalue weighted by Crippen LogP contribution is -2.07. The summed E-state index contributed by atoms with van der Waals surface area (Å²) in [4.78, 5) is 11.8. The van der Waals surface area contributed by atoms with Gasteiger partial charge >= 0.3 is 5.97 Å². The number of esters is 1. The molecule has 0 unspecified atom stereocenters. The van der Waals surface area contributed by atoms with E-state index in [0.717, 1.165) is 11.6 Å². The normalized spacial score (nSPS) is 10.2. The Labute approximate surface area is 120 Å². The lowest BCUT2D eigenvalue weighted by atomic mass is 10.2. The van der Waals surface area contributed by atoms with E-state index in [4.69, 9.17) is 21.1 Å². The molecule has 0 atom stereocenters. The van der Waals surface area contributed by atoms with Crippen molar-refractivity contribution in [3.05, 3.63) is 64.4 Å². The SMILES string of the molecule is COc1ccc(C(=O)OCc2cccc(Cl)c2)c(F)c1. The second-order valence-corrected chi connectivity index (χ2v) is 4.49. The van der Waals surface area contributed by atoms with Gasteiger partial charge in [-0.1, -0.05) is 23.7 Å². The number of benzene rings is 2. The lowest BCUT2D eigenvalue weighted by molar-refractivity contribution is 0.0467. The highest BCUT2D eigenvalue weighted by Crippen LogP contribution is 2.18. The van der Waals surface area contributed by atoms with Crippen LogP contribution in [0.15, 0.2) is 42.5 Å². The van der Waals surface area contributed by atoms with Crippen molar-refractivity contribution in [2.75, 3.05) is 7.11 Å². The van der Waals surface area contributed by atoms with Crippen LogP contribution in [-0.4, -0.2) is 13.1 Å². The summed E-state index contributed by atoms with van der Waals surface area (Å²) in [5, 5.41) is 0.550. The van der Waals surface area contributed by atoms with Gasteiger partial charge in [-0.05, 0) is 29.8 Å². The van der Waals surface area contributed by atoms with Crippen molar-refractivity contribution in [1.29, 1.82) is 0 Å². The van der Waals surface area contributed by atoms with Gasteiger partial charge in [0.15, 0.2) is 0 Å². The minimum atomic E-state index is -0.731. The molecular weight excluding hydrogens is 283 g/mol. The van der Waals surface area contributed by atoms with E-state index in [1.165, 1.54) is 19.2 Å². The first kappa shape index (κ1) is 14.3. The maximum atomic E-state index is 13.7. The molecule has 0 aliphatic rings. The van der Waals surface area contributed by atoms with Gasteiger partial charge in [-0.25, -0.2) is 9.18 Å². The number of halogens is 2. The Morgan fingerprint density at radius 3 is 2.70 bits per heavy atom. The molecule has 2 aromatic carbocycles. The summed E-state index contributed by atoms with van der Waals surface area (Å²) in [5.74, 6) is -1.07. The second-order valence-electron chi connectivity index (χ2n) is 4.05. The first-order valence-electron chi connectivity index (χ1n) is 5.85. The van der Waals surface area contributed by atoms with Crippen LogP contribution in [0.3, 0.4) is 0 Å². The van der Waals surface area contributed by atoms with E-state index in [0.29, 0.717) is 10.8 Å². The minimum Gasteiger partial charge on any atom is -0.497 e. The molecule has 0 heterocycles. The van der Waals surface area contributed by atoms with Crippen LogP contribution in [0.25, 0.3) is 0 Å². The van der Waals surface area contributed by atoms with Crippen molar-refractivity contribution in [2.24, 2.45) is 0 Å². The summed E-state index contributed by atoms with van der Waals surface area (Å²) < 4.78 is 23.6. The molecule has 2 aromatic rings. The minimum absolute atomic E-state index is 0.0326. The zero-order chi connectivity index (χ0) is 14.5. The predicted molar refractivity (Wildman–Crippen MR) is 73.5 cm³/mol. The van der Waals surface area contributed by atoms with Crippen molar-refractivity contribution in [3.63, 3.8) is 0 Å². The molecule has 5 heteroatoms. The molecule has 0 aliphatic heterocycles. The molecule has 3 nitrogen and oxygen atoms in total. The van der Waals surface area contributed by atoms with E-state index < -0.39 is 11.8 Å². The van der Waals surface area contributed by atoms with Gasteiger partial charge in [0.2, 0.25) is 0 Å². The molecule has 0 radical (unpaired) electrons. The Morgan fingerprint density at radius 1 is 1.25 bits per heavy atom. The molecule has 2 rings (SSSR count). The third-order valence-electron chi connectivity index (χ3n) is 2.66. The van der Waals surface area contributed by atoms with Crippen LogP contribution in [0.5, 0.6) is 5.75 Å². The number of hydrogen-bond acceptors (Lipinski definition) is 3. The van der Waals surface area contributed by atoms with Crippen LogP contribution >= 0.6 is 11.6 Å². The monoisotopic (exact) mass is 294 g/mol. The number of carbonyl (C=O) groups is 1. The third kappa shape index (κ3) is 3.48. The number of ether oxygens (including phenoxy) is 2. The van der Waals surface area contributed by atoms with Gasteiger partial charge in [0.1, 0.15) is 18.2 Å². The molecule has 0 saturated heterocycles. The van der Waals surface area contributed by atoms with Crippen LogP contribution in [0, 0.1) is 5.82 Å². The highest BCUT2D eigenvalue weighted by Gasteiger charge is 2.14. The molecule has 20 heavy (non-hydrogen) atoms. The smallest absolute Gasteiger partial charge is 0.341 e. The summed E-state index contributed by atoms with van der Waals surface area (Å²) >= 11 is 5.82. The molecule has 0 N–H and O–H groups in total. The molecule has 0 saturated carbocycles. The van der Waals surface area contributed by atoms with Crippen molar-refractivity contribution in [1.82, 2.24) is 0 Å². The summed E-state index contributed by atoms with van der Waals surface area (Å²) in [6, 6.07) is 10.9. The Balaban J connectivity index is 2.05. The van der Waals surface area contributed by atoms with Crippen molar-refractivity contribution < 1.29 is 18.7 Å². The zero-order valence-electron chi connectivity index (χ0n) is 10.7. The van der Waals surface area contributed by atoms with Crippen LogP contribution in [0.1, 0.15) is 15.9 Å². The van der Waals surface area contributed by atoms with Gasteiger partial charge in [0.25, 0.3) is 0 Å². The number of rotatable bonds is 4. The number of methoxy groups -OCH3 is 1. The average Bonchev–Trinajstić information content (AvgIpc) is 2.44. The van der Waals surface area contributed by atoms with Gasteiger partial charge in [-0.2, -0.15) is 0 Å². The van der Waals surface area contributed by atoms with Crippen molar-refractivity contribution in [3.8, 4) is 5.75 Å². The van der Waals surface area contributed by atoms with Gasteiger partial charge in [0.05, 0.1) is 12.7 Å². The van der Waals surface area contributed by atoms with E-state index in [9.17, 15) is 9.18 Å². The maximum absolute atomic E-state index is 13.7. The first-order chi connectivity index (χ1) is 9.60. The Morgan fingerprint density at radius 2 is 2.05 bits per heavy atom. The van der Waals surface area contributed by atoms with Gasteiger partial charge in [0, 0.05) is 11.1 Å². The topological polar surface area (TPSA) is 35.5 Å². The quantitative estimate of drug-likeness (QED) is 0.804. The van der Waals surface area contributed by atoms with E-state index in [1.807, 2.05) is 0 Å². The molecule has 0 spiro atoms. The van der Waals surface area contributed by atoms with Gasteiger partial charge < -0.3 is 9.47 Å². The summed E-state index contributed by atoms with van der Waals surface area (Å²) in [5.41, 5.74) is 0.604. The predicted octanol–water partition coefficient (Wildman–Crippen LogP) is 3.84. The Hall–Kier alpha value is -2.07. The molecule has 0 aliphatic carbocycles. The third-order valence-corrected chi connectivity index (χ3v) is 2.89. The highest BCUT2D eigenvalue weighted by atomic mass is 35.5. The molecule has 0 fully saturated rings. The zero-order valence-corrected chi connectivity index (χ0v) is 11.5. The Bertz CT molecular complexity index is 628. The second kappa shape index (κ2) is 6.39. The van der Waals surface area contributed by atoms with Crippen LogP contribution in [0.4, 0.5) is 4.39 Å². The average molecular weight is 295 g/mol. The molecular formula is C15H12ClFO3. The Kier molecular flexibility index (Phi) is 4.58. The van der Waals surface area contributed by atoms with E-state index >= 15 is 0 Å². The molecule has 0 amide bonds. The fourth-order valence-corrected chi connectivity index (χ4v) is 1.85. The van der Waals surface area contributed by atoms with E-state index in [2.05, 4.69) is 0 Å². The standard InChI is InChI=1S/C15H12ClFO3/c1-19-12-5-6-13(14(17)8-12)15(18)20-9-10-3-2-4-11(16)7-10/h2-8H,9H2,1H3. The molecule has 104 valence electrons. The van der Waals surface area contributed by atoms with Crippen molar-refractivity contribution >= 4 is 17.6 Å². The van der Waals surface area contributed by atoms with Crippen molar-refractivity contribution in [2.45, 2.75) is 6.61 Å². The van der Waals surface area contributed by atoms with Gasteiger partial charge in [-0.3, -0.25) is 0 Å². The first-order valence-corrected chi connectivity index (χ1v) is 6.23. The summed E-state index contributed by atoms with van der Waals surface area (Å²) in [7, 11) is 1.42. The van der Waals surface area contributed by atoms with Crippen LogP contribution in [-0.2, 0) is 11.3 Å². The number of hydrogen-bond donors (Lipinski definition) is 0. The largest absolute Gasteiger partial charge is 0.497 e. The number of carbonyl (C=O) groups excluding carboxylic acids is 1. The van der Waals surface area contributed by atoms with Gasteiger partial charge in [-0.15, -0.1) is 0 Å². The summed E-state index contributed by atoms with van der Waals surface area (Å²) in [6.07, 6.45) is 0. The molecule has 0 aromatic heterocycles. The molecule has 0 bridgehead atoms. The van der Waals surface area contributed by atoms with E-state index in [1.54, 1.807) is 24.3 Å². The van der Waals surface area contributed by atoms with E-state index in [-0.39, 0.29) is 12.2 Å².